The number of para-hydroxylation sites is 1. The Morgan fingerprint density at radius 2 is 1.89 bits per heavy atom. The van der Waals surface area contributed by atoms with E-state index in [0.717, 1.165) is 63.6 Å². The SMILES string of the molecule is COc1ccc2cc(Br)ccc2c1CN(C=O)c1ccccc1CCC(C)NC(=O)CNCC(C)C. The van der Waals surface area contributed by atoms with Crippen molar-refractivity contribution in [3.8, 4) is 5.75 Å². The molecule has 2 amide bonds. The summed E-state index contributed by atoms with van der Waals surface area (Å²) in [6.07, 6.45) is 2.38. The summed E-state index contributed by atoms with van der Waals surface area (Å²) in [7, 11) is 1.65. The van der Waals surface area contributed by atoms with Crippen LogP contribution in [0.3, 0.4) is 0 Å². The number of anilines is 1. The Kier molecular flexibility index (Phi) is 10.3. The Bertz CT molecular complexity index is 1180. The molecule has 0 aliphatic carbocycles. The summed E-state index contributed by atoms with van der Waals surface area (Å²) in [5, 5.41) is 8.36. The Hall–Kier alpha value is -2.90. The van der Waals surface area contributed by atoms with Crippen molar-refractivity contribution in [2.75, 3.05) is 25.1 Å². The van der Waals surface area contributed by atoms with Crippen molar-refractivity contribution in [3.05, 3.63) is 70.2 Å². The smallest absolute Gasteiger partial charge is 0.234 e. The van der Waals surface area contributed by atoms with Crippen LogP contribution in [0.2, 0.25) is 0 Å². The van der Waals surface area contributed by atoms with Gasteiger partial charge >= 0.3 is 0 Å². The molecule has 0 bridgehead atoms. The Labute approximate surface area is 222 Å². The van der Waals surface area contributed by atoms with Crippen LogP contribution in [-0.2, 0) is 22.6 Å². The van der Waals surface area contributed by atoms with Crippen LogP contribution in [0.15, 0.2) is 59.1 Å². The molecule has 0 aliphatic heterocycles. The molecule has 7 heteroatoms. The molecule has 0 aromatic heterocycles. The molecule has 0 aliphatic rings. The van der Waals surface area contributed by atoms with Gasteiger partial charge in [0.1, 0.15) is 5.75 Å². The third kappa shape index (κ3) is 7.55. The number of rotatable bonds is 13. The van der Waals surface area contributed by atoms with Gasteiger partial charge in [-0.05, 0) is 72.8 Å². The van der Waals surface area contributed by atoms with Crippen LogP contribution in [0.25, 0.3) is 10.8 Å². The number of nitrogens with one attached hydrogen (secondary N) is 2. The first-order valence-electron chi connectivity index (χ1n) is 12.4. The van der Waals surface area contributed by atoms with E-state index in [0.29, 0.717) is 19.0 Å². The number of hydrogen-bond donors (Lipinski definition) is 2. The van der Waals surface area contributed by atoms with E-state index in [1.807, 2.05) is 55.5 Å². The molecule has 3 aromatic carbocycles. The number of methoxy groups -OCH3 is 1. The number of fused-ring (bicyclic) bond motifs is 1. The number of carbonyl (C=O) groups excluding carboxylic acids is 2. The highest BCUT2D eigenvalue weighted by Gasteiger charge is 2.17. The molecule has 0 fully saturated rings. The Balaban J connectivity index is 1.74. The summed E-state index contributed by atoms with van der Waals surface area (Å²) in [6.45, 7) is 7.76. The van der Waals surface area contributed by atoms with Crippen LogP contribution >= 0.6 is 15.9 Å². The number of carbonyl (C=O) groups is 2. The predicted molar refractivity (Wildman–Crippen MR) is 151 cm³/mol. The van der Waals surface area contributed by atoms with Crippen molar-refractivity contribution in [1.82, 2.24) is 10.6 Å². The van der Waals surface area contributed by atoms with E-state index in [4.69, 9.17) is 4.74 Å². The zero-order chi connectivity index (χ0) is 26.1. The maximum absolute atomic E-state index is 12.3. The average Bonchev–Trinajstić information content (AvgIpc) is 2.85. The van der Waals surface area contributed by atoms with Gasteiger partial charge in [-0.3, -0.25) is 9.59 Å². The first-order valence-corrected chi connectivity index (χ1v) is 13.2. The number of nitrogens with zero attached hydrogens (tertiary/aromatic N) is 1. The molecule has 192 valence electrons. The quantitative estimate of drug-likeness (QED) is 0.276. The lowest BCUT2D eigenvalue weighted by molar-refractivity contribution is -0.120. The van der Waals surface area contributed by atoms with Crippen LogP contribution in [0, 0.1) is 5.92 Å². The van der Waals surface area contributed by atoms with E-state index in [1.54, 1.807) is 12.0 Å². The van der Waals surface area contributed by atoms with Crippen LogP contribution < -0.4 is 20.3 Å². The van der Waals surface area contributed by atoms with Gasteiger partial charge in [0.2, 0.25) is 12.3 Å². The van der Waals surface area contributed by atoms with Crippen molar-refractivity contribution in [2.24, 2.45) is 5.92 Å². The number of amides is 2. The zero-order valence-corrected chi connectivity index (χ0v) is 23.1. The molecular weight excluding hydrogens is 518 g/mol. The van der Waals surface area contributed by atoms with Gasteiger partial charge < -0.3 is 20.3 Å². The minimum atomic E-state index is 0.000593. The third-order valence-corrected chi connectivity index (χ3v) is 6.61. The molecule has 36 heavy (non-hydrogen) atoms. The molecule has 0 radical (unpaired) electrons. The van der Waals surface area contributed by atoms with Crippen LogP contribution in [0.5, 0.6) is 5.75 Å². The second kappa shape index (κ2) is 13.4. The van der Waals surface area contributed by atoms with E-state index in [9.17, 15) is 9.59 Å². The van der Waals surface area contributed by atoms with E-state index in [1.165, 1.54) is 0 Å². The first-order chi connectivity index (χ1) is 17.3. The van der Waals surface area contributed by atoms with E-state index in [-0.39, 0.29) is 11.9 Å². The van der Waals surface area contributed by atoms with Gasteiger partial charge in [0.15, 0.2) is 0 Å². The van der Waals surface area contributed by atoms with Crippen molar-refractivity contribution in [1.29, 1.82) is 0 Å². The van der Waals surface area contributed by atoms with E-state index < -0.39 is 0 Å². The minimum Gasteiger partial charge on any atom is -0.496 e. The van der Waals surface area contributed by atoms with Crippen LogP contribution in [0.4, 0.5) is 5.69 Å². The highest BCUT2D eigenvalue weighted by molar-refractivity contribution is 9.10. The number of hydrogen-bond acceptors (Lipinski definition) is 4. The Morgan fingerprint density at radius 3 is 2.61 bits per heavy atom. The molecule has 6 nitrogen and oxygen atoms in total. The molecule has 0 spiro atoms. The first kappa shape index (κ1) is 27.7. The number of ether oxygens (including phenoxy) is 1. The molecule has 2 N–H and O–H groups in total. The monoisotopic (exact) mass is 553 g/mol. The third-order valence-electron chi connectivity index (χ3n) is 6.12. The standard InChI is InChI=1S/C29H36BrN3O3/c1-20(2)16-31-17-29(35)32-21(3)9-10-22-7-5-6-8-27(22)33(19-34)18-26-25-13-12-24(30)15-23(25)11-14-28(26)36-4/h5-8,11-15,19-21,31H,9-10,16-18H2,1-4H3,(H,32,35). The van der Waals surface area contributed by atoms with Crippen LogP contribution in [-0.4, -0.2) is 38.6 Å². The molecule has 0 saturated heterocycles. The molecule has 3 aromatic rings. The molecule has 1 atom stereocenters. The summed E-state index contributed by atoms with van der Waals surface area (Å²) in [4.78, 5) is 26.2. The van der Waals surface area contributed by atoms with Crippen molar-refractivity contribution < 1.29 is 14.3 Å². The predicted octanol–water partition coefficient (Wildman–Crippen LogP) is 5.46. The van der Waals surface area contributed by atoms with E-state index >= 15 is 0 Å². The zero-order valence-electron chi connectivity index (χ0n) is 21.5. The van der Waals surface area contributed by atoms with Crippen molar-refractivity contribution in [2.45, 2.75) is 46.2 Å². The lowest BCUT2D eigenvalue weighted by atomic mass is 10.0. The number of benzene rings is 3. The van der Waals surface area contributed by atoms with Gasteiger partial charge in [-0.2, -0.15) is 0 Å². The fourth-order valence-corrected chi connectivity index (χ4v) is 4.67. The highest BCUT2D eigenvalue weighted by Crippen LogP contribution is 2.33. The second-order valence-corrected chi connectivity index (χ2v) is 10.4. The van der Waals surface area contributed by atoms with Crippen molar-refractivity contribution in [3.63, 3.8) is 0 Å². The summed E-state index contributed by atoms with van der Waals surface area (Å²) in [5.74, 6) is 1.25. The van der Waals surface area contributed by atoms with Crippen LogP contribution in [0.1, 0.15) is 38.3 Å². The van der Waals surface area contributed by atoms with Gasteiger partial charge in [-0.1, -0.05) is 60.1 Å². The number of aryl methyl sites for hydroxylation is 1. The van der Waals surface area contributed by atoms with Crippen molar-refractivity contribution >= 4 is 44.7 Å². The fourth-order valence-electron chi connectivity index (χ4n) is 4.30. The lowest BCUT2D eigenvalue weighted by Gasteiger charge is -2.24. The molecule has 1 unspecified atom stereocenters. The highest BCUT2D eigenvalue weighted by atomic mass is 79.9. The van der Waals surface area contributed by atoms with Gasteiger partial charge in [0, 0.05) is 21.8 Å². The normalized spacial score (nSPS) is 11.9. The minimum absolute atomic E-state index is 0.000593. The largest absolute Gasteiger partial charge is 0.496 e. The molecule has 0 saturated carbocycles. The van der Waals surface area contributed by atoms with E-state index in [2.05, 4.69) is 46.5 Å². The molecule has 3 rings (SSSR count). The second-order valence-electron chi connectivity index (χ2n) is 9.51. The number of halogens is 1. The summed E-state index contributed by atoms with van der Waals surface area (Å²) >= 11 is 3.54. The van der Waals surface area contributed by atoms with Gasteiger partial charge in [0.25, 0.3) is 0 Å². The van der Waals surface area contributed by atoms with Gasteiger partial charge in [-0.15, -0.1) is 0 Å². The topological polar surface area (TPSA) is 70.7 Å². The fraction of sp³-hybridized carbons (Fsp3) is 0.379. The lowest BCUT2D eigenvalue weighted by Crippen LogP contribution is -2.40. The summed E-state index contributed by atoms with van der Waals surface area (Å²) < 4.78 is 6.65. The van der Waals surface area contributed by atoms with Gasteiger partial charge in [0.05, 0.1) is 20.2 Å². The summed E-state index contributed by atoms with van der Waals surface area (Å²) in [5.41, 5.74) is 2.88. The molecule has 0 heterocycles. The Morgan fingerprint density at radius 1 is 1.11 bits per heavy atom. The maximum Gasteiger partial charge on any atom is 0.234 e. The summed E-state index contributed by atoms with van der Waals surface area (Å²) in [6, 6.07) is 18.0. The average molecular weight is 555 g/mol. The molecular formula is C29H36BrN3O3. The maximum atomic E-state index is 12.3. The van der Waals surface area contributed by atoms with Gasteiger partial charge in [-0.25, -0.2) is 0 Å².